The Bertz CT molecular complexity index is 768. The summed E-state index contributed by atoms with van der Waals surface area (Å²) in [7, 11) is -3.90. The lowest BCUT2D eigenvalue weighted by atomic mass is 10.3. The van der Waals surface area contributed by atoms with Crippen LogP contribution in [0.15, 0.2) is 45.8 Å². The van der Waals surface area contributed by atoms with Crippen LogP contribution in [0.3, 0.4) is 0 Å². The Morgan fingerprint density at radius 1 is 1.20 bits per heavy atom. The minimum absolute atomic E-state index is 0.162. The second kappa shape index (κ2) is 5.59. The number of benzene rings is 2. The maximum Gasteiger partial charge on any atom is 0.263 e. The SMILES string of the molecule is Nc1cc(F)ccc1S(=O)(=O)Nc1ccc(Cl)c(Br)c1. The van der Waals surface area contributed by atoms with Crippen molar-refractivity contribution in [2.24, 2.45) is 0 Å². The number of nitrogens with one attached hydrogen (secondary N) is 1. The van der Waals surface area contributed by atoms with E-state index in [9.17, 15) is 12.8 Å². The molecule has 0 aliphatic heterocycles. The Kier molecular flexibility index (Phi) is 4.22. The molecule has 2 aromatic rings. The van der Waals surface area contributed by atoms with Crippen LogP contribution in [0.5, 0.6) is 0 Å². The van der Waals surface area contributed by atoms with E-state index in [1.54, 1.807) is 0 Å². The van der Waals surface area contributed by atoms with Crippen molar-refractivity contribution in [3.8, 4) is 0 Å². The third-order valence-electron chi connectivity index (χ3n) is 2.43. The van der Waals surface area contributed by atoms with Crippen molar-refractivity contribution >= 4 is 48.9 Å². The lowest BCUT2D eigenvalue weighted by molar-refractivity contribution is 0.600. The fourth-order valence-corrected chi connectivity index (χ4v) is 3.19. The summed E-state index contributed by atoms with van der Waals surface area (Å²) in [6, 6.07) is 7.65. The van der Waals surface area contributed by atoms with E-state index in [1.807, 2.05) is 0 Å². The molecule has 8 heteroatoms. The first-order valence-corrected chi connectivity index (χ1v) is 7.98. The largest absolute Gasteiger partial charge is 0.398 e. The molecule has 2 aromatic carbocycles. The zero-order chi connectivity index (χ0) is 14.9. The first-order valence-electron chi connectivity index (χ1n) is 5.32. The molecule has 0 saturated carbocycles. The number of nitrogen functional groups attached to an aromatic ring is 1. The van der Waals surface area contributed by atoms with Crippen molar-refractivity contribution in [3.05, 3.63) is 51.7 Å². The van der Waals surface area contributed by atoms with E-state index in [0.29, 0.717) is 15.2 Å². The van der Waals surface area contributed by atoms with Gasteiger partial charge in [-0.3, -0.25) is 4.72 Å². The van der Waals surface area contributed by atoms with E-state index in [0.717, 1.165) is 18.2 Å². The van der Waals surface area contributed by atoms with Gasteiger partial charge >= 0.3 is 0 Å². The smallest absolute Gasteiger partial charge is 0.263 e. The van der Waals surface area contributed by atoms with Crippen molar-refractivity contribution in [2.75, 3.05) is 10.5 Å². The van der Waals surface area contributed by atoms with Gasteiger partial charge in [0.1, 0.15) is 10.7 Å². The highest BCUT2D eigenvalue weighted by atomic mass is 79.9. The van der Waals surface area contributed by atoms with Crippen molar-refractivity contribution in [2.45, 2.75) is 4.90 Å². The summed E-state index contributed by atoms with van der Waals surface area (Å²) in [6.07, 6.45) is 0. The number of nitrogens with two attached hydrogens (primary N) is 1. The first kappa shape index (κ1) is 15.1. The molecule has 106 valence electrons. The molecule has 0 saturated heterocycles. The molecule has 0 atom stereocenters. The second-order valence-corrected chi connectivity index (χ2v) is 6.83. The minimum atomic E-state index is -3.90. The molecule has 4 nitrogen and oxygen atoms in total. The van der Waals surface area contributed by atoms with Crippen molar-refractivity contribution in [3.63, 3.8) is 0 Å². The number of halogens is 3. The average molecular weight is 380 g/mol. The summed E-state index contributed by atoms with van der Waals surface area (Å²) >= 11 is 9.02. The second-order valence-electron chi connectivity index (χ2n) is 3.92. The molecule has 0 aliphatic rings. The van der Waals surface area contributed by atoms with Crippen molar-refractivity contribution in [1.29, 1.82) is 0 Å². The summed E-state index contributed by atoms with van der Waals surface area (Å²) in [5.74, 6) is -0.601. The molecule has 0 radical (unpaired) electrons. The van der Waals surface area contributed by atoms with E-state index >= 15 is 0 Å². The lowest BCUT2D eigenvalue weighted by Gasteiger charge is -2.10. The summed E-state index contributed by atoms with van der Waals surface area (Å²) in [4.78, 5) is -0.190. The predicted octanol–water partition coefficient (Wildman–Crippen LogP) is 3.62. The number of anilines is 2. The molecule has 0 unspecified atom stereocenters. The predicted molar refractivity (Wildman–Crippen MR) is 80.8 cm³/mol. The number of hydrogen-bond acceptors (Lipinski definition) is 3. The Balaban J connectivity index is 2.38. The van der Waals surface area contributed by atoms with Gasteiger partial charge < -0.3 is 5.73 Å². The van der Waals surface area contributed by atoms with Crippen molar-refractivity contribution in [1.82, 2.24) is 0 Å². The summed E-state index contributed by atoms with van der Waals surface area (Å²) in [6.45, 7) is 0. The zero-order valence-electron chi connectivity index (χ0n) is 9.90. The van der Waals surface area contributed by atoms with Gasteiger partial charge in [0.05, 0.1) is 16.4 Å². The lowest BCUT2D eigenvalue weighted by Crippen LogP contribution is -2.15. The van der Waals surface area contributed by atoms with Gasteiger partial charge in [-0.1, -0.05) is 11.6 Å². The van der Waals surface area contributed by atoms with E-state index < -0.39 is 15.8 Å². The molecule has 0 aliphatic carbocycles. The molecule has 0 aromatic heterocycles. The van der Waals surface area contributed by atoms with E-state index in [2.05, 4.69) is 20.7 Å². The molecule has 3 N–H and O–H groups in total. The van der Waals surface area contributed by atoms with Crippen LogP contribution in [0.2, 0.25) is 5.02 Å². The highest BCUT2D eigenvalue weighted by Gasteiger charge is 2.18. The highest BCUT2D eigenvalue weighted by Crippen LogP contribution is 2.28. The van der Waals surface area contributed by atoms with Crippen LogP contribution in [0.4, 0.5) is 15.8 Å². The number of rotatable bonds is 3. The molecule has 2 rings (SSSR count). The van der Waals surface area contributed by atoms with Gasteiger partial charge in [-0.15, -0.1) is 0 Å². The first-order chi connectivity index (χ1) is 9.29. The Morgan fingerprint density at radius 3 is 2.50 bits per heavy atom. The molecule has 0 fully saturated rings. The molecular weight excluding hydrogens is 371 g/mol. The van der Waals surface area contributed by atoms with Crippen LogP contribution in [0.25, 0.3) is 0 Å². The van der Waals surface area contributed by atoms with Gasteiger partial charge in [0.2, 0.25) is 0 Å². The molecule has 0 spiro atoms. The highest BCUT2D eigenvalue weighted by molar-refractivity contribution is 9.10. The van der Waals surface area contributed by atoms with Gasteiger partial charge in [-0.05, 0) is 52.3 Å². The zero-order valence-corrected chi connectivity index (χ0v) is 13.1. The Morgan fingerprint density at radius 2 is 1.90 bits per heavy atom. The van der Waals surface area contributed by atoms with Gasteiger partial charge in [0, 0.05) is 4.47 Å². The van der Waals surface area contributed by atoms with Crippen LogP contribution < -0.4 is 10.5 Å². The average Bonchev–Trinajstić information content (AvgIpc) is 2.33. The van der Waals surface area contributed by atoms with Gasteiger partial charge in [-0.2, -0.15) is 0 Å². The Labute approximate surface area is 128 Å². The summed E-state index contributed by atoms with van der Waals surface area (Å²) in [5.41, 5.74) is 5.67. The van der Waals surface area contributed by atoms with Crippen LogP contribution >= 0.6 is 27.5 Å². The fraction of sp³-hybridized carbons (Fsp3) is 0. The number of sulfonamides is 1. The maximum atomic E-state index is 12.9. The monoisotopic (exact) mass is 378 g/mol. The molecule has 0 amide bonds. The minimum Gasteiger partial charge on any atom is -0.398 e. The molecule has 20 heavy (non-hydrogen) atoms. The molecule has 0 bridgehead atoms. The van der Waals surface area contributed by atoms with Gasteiger partial charge in [-0.25, -0.2) is 12.8 Å². The van der Waals surface area contributed by atoms with E-state index in [4.69, 9.17) is 17.3 Å². The topological polar surface area (TPSA) is 72.2 Å². The molecular formula is C12H9BrClFN2O2S. The third-order valence-corrected chi connectivity index (χ3v) is 5.10. The standard InChI is InChI=1S/C12H9BrClFN2O2S/c13-9-6-8(2-3-10(9)14)17-20(18,19)12-4-1-7(15)5-11(12)16/h1-6,17H,16H2. The fourth-order valence-electron chi connectivity index (χ4n) is 1.53. The summed E-state index contributed by atoms with van der Waals surface area (Å²) in [5, 5.41) is 0.453. The van der Waals surface area contributed by atoms with Crippen LogP contribution in [-0.4, -0.2) is 8.42 Å². The van der Waals surface area contributed by atoms with Crippen LogP contribution in [0.1, 0.15) is 0 Å². The maximum absolute atomic E-state index is 12.9. The number of hydrogen-bond donors (Lipinski definition) is 2. The van der Waals surface area contributed by atoms with Gasteiger partial charge in [0.15, 0.2) is 0 Å². The normalized spacial score (nSPS) is 11.3. The Hall–Kier alpha value is -1.31. The quantitative estimate of drug-likeness (QED) is 0.800. The molecule has 0 heterocycles. The van der Waals surface area contributed by atoms with Crippen molar-refractivity contribution < 1.29 is 12.8 Å². The van der Waals surface area contributed by atoms with Gasteiger partial charge in [0.25, 0.3) is 10.0 Å². The van der Waals surface area contributed by atoms with Crippen LogP contribution in [-0.2, 0) is 10.0 Å². The third kappa shape index (κ3) is 3.23. The summed E-state index contributed by atoms with van der Waals surface area (Å²) < 4.78 is 40.2. The van der Waals surface area contributed by atoms with Crippen LogP contribution in [0, 0.1) is 5.82 Å². The van der Waals surface area contributed by atoms with E-state index in [-0.39, 0.29) is 10.6 Å². The van der Waals surface area contributed by atoms with E-state index in [1.165, 1.54) is 18.2 Å².